The van der Waals surface area contributed by atoms with Crippen LogP contribution in [0, 0.1) is 11.3 Å². The van der Waals surface area contributed by atoms with E-state index < -0.39 is 0 Å². The molecule has 8 heteroatoms. The second kappa shape index (κ2) is 8.42. The van der Waals surface area contributed by atoms with Crippen LogP contribution in [-0.2, 0) is 16.1 Å². The summed E-state index contributed by atoms with van der Waals surface area (Å²) in [5.74, 6) is -0.166. The minimum absolute atomic E-state index is 0.0219. The molecular formula is C19H21ClN4O3. The van der Waals surface area contributed by atoms with Gasteiger partial charge < -0.3 is 19.5 Å². The number of aromatic nitrogens is 1. The summed E-state index contributed by atoms with van der Waals surface area (Å²) in [6.45, 7) is 4.23. The van der Waals surface area contributed by atoms with E-state index in [0.29, 0.717) is 38.5 Å². The first-order valence-corrected chi connectivity index (χ1v) is 9.37. The molecule has 2 aromatic rings. The zero-order valence-corrected chi connectivity index (χ0v) is 15.8. The first-order valence-electron chi connectivity index (χ1n) is 8.84. The van der Waals surface area contributed by atoms with E-state index in [1.54, 1.807) is 9.47 Å². The molecule has 3 rings (SSSR count). The number of fused-ring (bicyclic) bond motifs is 1. The molecular weight excluding hydrogens is 368 g/mol. The van der Waals surface area contributed by atoms with Gasteiger partial charge in [0, 0.05) is 31.6 Å². The average molecular weight is 389 g/mol. The molecule has 0 radical (unpaired) electrons. The molecule has 1 aromatic carbocycles. The zero-order chi connectivity index (χ0) is 19.4. The summed E-state index contributed by atoms with van der Waals surface area (Å²) >= 11 is 5.57. The van der Waals surface area contributed by atoms with E-state index in [1.165, 1.54) is 0 Å². The van der Waals surface area contributed by atoms with Crippen molar-refractivity contribution in [2.24, 2.45) is 0 Å². The lowest BCUT2D eigenvalue weighted by atomic mass is 10.0. The Morgan fingerprint density at radius 2 is 2.15 bits per heavy atom. The maximum absolute atomic E-state index is 12.9. The molecule has 1 aromatic heterocycles. The lowest BCUT2D eigenvalue weighted by molar-refractivity contribution is -0.132. The maximum Gasteiger partial charge on any atom is 0.271 e. The van der Waals surface area contributed by atoms with Gasteiger partial charge in [-0.15, -0.1) is 11.6 Å². The summed E-state index contributed by atoms with van der Waals surface area (Å²) in [5.41, 5.74) is 1.00. The van der Waals surface area contributed by atoms with E-state index in [9.17, 15) is 14.9 Å². The molecule has 0 bridgehead atoms. The first-order chi connectivity index (χ1) is 13.1. The van der Waals surface area contributed by atoms with Gasteiger partial charge in [0.2, 0.25) is 5.91 Å². The van der Waals surface area contributed by atoms with E-state index >= 15 is 0 Å². The monoisotopic (exact) mass is 388 g/mol. The number of nitriles is 1. The Kier molecular flexibility index (Phi) is 5.99. The van der Waals surface area contributed by atoms with Crippen molar-refractivity contribution in [1.82, 2.24) is 9.47 Å². The SMILES string of the molecule is CCOCCn1c(=O)c(C#N)c(NC2CN(C(=O)CCl)C2)c2ccccc21. The molecule has 1 amide bonds. The molecule has 1 aliphatic heterocycles. The van der Waals surface area contributed by atoms with Crippen molar-refractivity contribution < 1.29 is 9.53 Å². The number of ether oxygens (including phenoxy) is 1. The summed E-state index contributed by atoms with van der Waals surface area (Å²) < 4.78 is 6.96. The maximum atomic E-state index is 12.9. The van der Waals surface area contributed by atoms with Crippen molar-refractivity contribution in [3.05, 3.63) is 40.2 Å². The number of nitrogens with zero attached hydrogens (tertiary/aromatic N) is 3. The van der Waals surface area contributed by atoms with Crippen LogP contribution in [0.4, 0.5) is 5.69 Å². The molecule has 0 unspecified atom stereocenters. The molecule has 0 saturated carbocycles. The van der Waals surface area contributed by atoms with Crippen molar-refractivity contribution >= 4 is 34.1 Å². The highest BCUT2D eigenvalue weighted by molar-refractivity contribution is 6.27. The van der Waals surface area contributed by atoms with Crippen molar-refractivity contribution in [2.45, 2.75) is 19.5 Å². The Morgan fingerprint density at radius 3 is 2.81 bits per heavy atom. The molecule has 1 saturated heterocycles. The highest BCUT2D eigenvalue weighted by Crippen LogP contribution is 2.27. The van der Waals surface area contributed by atoms with Crippen molar-refractivity contribution in [1.29, 1.82) is 5.26 Å². The molecule has 7 nitrogen and oxygen atoms in total. The molecule has 1 N–H and O–H groups in total. The summed E-state index contributed by atoms with van der Waals surface area (Å²) in [7, 11) is 0. The number of hydrogen-bond acceptors (Lipinski definition) is 5. The number of halogens is 1. The third-order valence-electron chi connectivity index (χ3n) is 4.65. The van der Waals surface area contributed by atoms with E-state index in [-0.39, 0.29) is 29.0 Å². The third kappa shape index (κ3) is 3.77. The predicted molar refractivity (Wildman–Crippen MR) is 104 cm³/mol. The van der Waals surface area contributed by atoms with Crippen LogP contribution in [-0.4, -0.2) is 53.6 Å². The number of carbonyl (C=O) groups is 1. The smallest absolute Gasteiger partial charge is 0.271 e. The second-order valence-electron chi connectivity index (χ2n) is 6.31. The normalized spacial score (nSPS) is 14.0. The number of alkyl halides is 1. The van der Waals surface area contributed by atoms with Gasteiger partial charge >= 0.3 is 0 Å². The Hall–Kier alpha value is -2.56. The van der Waals surface area contributed by atoms with Gasteiger partial charge in [-0.05, 0) is 13.0 Å². The molecule has 1 fully saturated rings. The largest absolute Gasteiger partial charge is 0.380 e. The molecule has 142 valence electrons. The molecule has 2 heterocycles. The number of nitrogens with one attached hydrogen (secondary N) is 1. The van der Waals surface area contributed by atoms with Gasteiger partial charge in [-0.25, -0.2) is 0 Å². The Labute approximate surface area is 162 Å². The highest BCUT2D eigenvalue weighted by atomic mass is 35.5. The summed E-state index contributed by atoms with van der Waals surface area (Å²) in [4.78, 5) is 26.1. The van der Waals surface area contributed by atoms with E-state index in [1.807, 2.05) is 37.3 Å². The number of rotatable bonds is 7. The standard InChI is InChI=1S/C19H21ClN4O3/c1-2-27-8-7-24-16-6-4-3-5-14(16)18(15(10-21)19(24)26)22-13-11-23(12-13)17(25)9-20/h3-6,13,22H,2,7-9,11-12H2,1H3. The van der Waals surface area contributed by atoms with Crippen LogP contribution in [0.5, 0.6) is 0 Å². The van der Waals surface area contributed by atoms with Crippen LogP contribution in [0.1, 0.15) is 12.5 Å². The average Bonchev–Trinajstić information content (AvgIpc) is 2.65. The Balaban J connectivity index is 1.96. The van der Waals surface area contributed by atoms with Crippen molar-refractivity contribution in [2.75, 3.05) is 37.5 Å². The molecule has 0 spiro atoms. The van der Waals surface area contributed by atoms with Gasteiger partial charge in [0.15, 0.2) is 0 Å². The number of anilines is 1. The quantitative estimate of drug-likeness (QED) is 0.577. The number of para-hydroxylation sites is 1. The zero-order valence-electron chi connectivity index (χ0n) is 15.1. The fraction of sp³-hybridized carbons (Fsp3) is 0.421. The third-order valence-corrected chi connectivity index (χ3v) is 4.87. The van der Waals surface area contributed by atoms with Crippen LogP contribution in [0.15, 0.2) is 29.1 Å². The van der Waals surface area contributed by atoms with Crippen LogP contribution in [0.3, 0.4) is 0 Å². The van der Waals surface area contributed by atoms with Crippen LogP contribution in [0.25, 0.3) is 10.9 Å². The van der Waals surface area contributed by atoms with Gasteiger partial charge in [-0.2, -0.15) is 5.26 Å². The van der Waals surface area contributed by atoms with E-state index in [0.717, 1.165) is 10.9 Å². The van der Waals surface area contributed by atoms with Gasteiger partial charge in [0.05, 0.1) is 23.9 Å². The lowest BCUT2D eigenvalue weighted by Gasteiger charge is -2.40. The summed E-state index contributed by atoms with van der Waals surface area (Å²) in [6, 6.07) is 9.50. The van der Waals surface area contributed by atoms with Crippen molar-refractivity contribution in [3.63, 3.8) is 0 Å². The van der Waals surface area contributed by atoms with Gasteiger partial charge in [-0.3, -0.25) is 9.59 Å². The first kappa shape index (κ1) is 19.2. The fourth-order valence-electron chi connectivity index (χ4n) is 3.24. The summed E-state index contributed by atoms with van der Waals surface area (Å²) in [6.07, 6.45) is 0. The number of benzene rings is 1. The second-order valence-corrected chi connectivity index (χ2v) is 6.57. The van der Waals surface area contributed by atoms with Crippen molar-refractivity contribution in [3.8, 4) is 6.07 Å². The number of amides is 1. The van der Waals surface area contributed by atoms with Crippen LogP contribution in [0.2, 0.25) is 0 Å². The Morgan fingerprint density at radius 1 is 1.41 bits per heavy atom. The van der Waals surface area contributed by atoms with Gasteiger partial charge in [0.1, 0.15) is 17.5 Å². The van der Waals surface area contributed by atoms with Crippen LogP contribution < -0.4 is 10.9 Å². The number of carbonyl (C=O) groups excluding carboxylic acids is 1. The topological polar surface area (TPSA) is 87.4 Å². The Bertz CT molecular complexity index is 944. The summed E-state index contributed by atoms with van der Waals surface area (Å²) in [5, 5.41) is 13.7. The minimum atomic E-state index is -0.341. The fourth-order valence-corrected chi connectivity index (χ4v) is 3.41. The van der Waals surface area contributed by atoms with Gasteiger partial charge in [-0.1, -0.05) is 18.2 Å². The molecule has 0 aliphatic carbocycles. The highest BCUT2D eigenvalue weighted by Gasteiger charge is 2.31. The molecule has 0 atom stereocenters. The minimum Gasteiger partial charge on any atom is -0.380 e. The van der Waals surface area contributed by atoms with E-state index in [4.69, 9.17) is 16.3 Å². The number of likely N-dealkylation sites (tertiary alicyclic amines) is 1. The predicted octanol–water partition coefficient (Wildman–Crippen LogP) is 1.77. The van der Waals surface area contributed by atoms with Crippen LogP contribution >= 0.6 is 11.6 Å². The van der Waals surface area contributed by atoms with Gasteiger partial charge in [0.25, 0.3) is 5.56 Å². The van der Waals surface area contributed by atoms with E-state index in [2.05, 4.69) is 5.32 Å². The number of pyridine rings is 1. The molecule has 27 heavy (non-hydrogen) atoms. The molecule has 1 aliphatic rings. The lowest BCUT2D eigenvalue weighted by Crippen LogP contribution is -2.57. The number of hydrogen-bond donors (Lipinski definition) is 1.